The fourth-order valence-corrected chi connectivity index (χ4v) is 1.24. The van der Waals surface area contributed by atoms with E-state index in [1.807, 2.05) is 0 Å². The lowest BCUT2D eigenvalue weighted by molar-refractivity contribution is -0.139. The largest absolute Gasteiger partial charge is 0.480 e. The van der Waals surface area contributed by atoms with Crippen LogP contribution in [0.2, 0.25) is 0 Å². The van der Waals surface area contributed by atoms with Gasteiger partial charge in [0.1, 0.15) is 6.04 Å². The number of carbonyl (C=O) groups excluding carboxylic acids is 2. The van der Waals surface area contributed by atoms with E-state index in [4.69, 9.17) is 15.3 Å². The lowest BCUT2D eigenvalue weighted by Crippen LogP contribution is -2.41. The summed E-state index contributed by atoms with van der Waals surface area (Å²) in [6, 6.07) is -1.20. The Morgan fingerprint density at radius 3 is 2.67 bits per heavy atom. The minimum absolute atomic E-state index is 0.0798. The Labute approximate surface area is 102 Å². The van der Waals surface area contributed by atoms with Gasteiger partial charge in [0.2, 0.25) is 11.7 Å². The third-order valence-corrected chi connectivity index (χ3v) is 2.13. The molecule has 98 valence electrons. The summed E-state index contributed by atoms with van der Waals surface area (Å²) >= 11 is 0. The molecule has 0 unspecified atom stereocenters. The third-order valence-electron chi connectivity index (χ3n) is 2.13. The number of hydrogen-bond acceptors (Lipinski definition) is 5. The topological polar surface area (TPSA) is 136 Å². The van der Waals surface area contributed by atoms with Gasteiger partial charge in [-0.2, -0.15) is 0 Å². The lowest BCUT2D eigenvalue weighted by Gasteiger charge is -2.12. The second kappa shape index (κ2) is 5.80. The van der Waals surface area contributed by atoms with Gasteiger partial charge < -0.3 is 20.6 Å². The molecule has 0 radical (unpaired) electrons. The molecule has 4 N–H and O–H groups in total. The predicted octanol–water partition coefficient (Wildman–Crippen LogP) is -0.568. The van der Waals surface area contributed by atoms with E-state index in [-0.39, 0.29) is 18.6 Å². The zero-order valence-electron chi connectivity index (χ0n) is 9.67. The van der Waals surface area contributed by atoms with Gasteiger partial charge in [-0.3, -0.25) is 9.59 Å². The van der Waals surface area contributed by atoms with Crippen LogP contribution in [0, 0.1) is 6.92 Å². The average Bonchev–Trinajstić information content (AvgIpc) is 2.70. The Hall–Kier alpha value is -2.38. The molecule has 0 bridgehead atoms. The van der Waals surface area contributed by atoms with Crippen LogP contribution < -0.4 is 11.1 Å². The summed E-state index contributed by atoms with van der Waals surface area (Å²) < 4.78 is 4.94. The van der Waals surface area contributed by atoms with Crippen LogP contribution in [0.15, 0.2) is 10.6 Å². The van der Waals surface area contributed by atoms with Gasteiger partial charge in [0, 0.05) is 13.3 Å². The maximum atomic E-state index is 11.6. The number of aryl methyl sites for hydroxylation is 1. The highest BCUT2D eigenvalue weighted by atomic mass is 16.4. The number of hydrogen-bond donors (Lipinski definition) is 3. The van der Waals surface area contributed by atoms with Gasteiger partial charge in [0.15, 0.2) is 5.89 Å². The number of carboxylic acid groups (broad SMARTS) is 1. The number of primary amides is 1. The summed E-state index contributed by atoms with van der Waals surface area (Å²) in [7, 11) is 0. The molecule has 8 heteroatoms. The lowest BCUT2D eigenvalue weighted by atomic mass is 10.1. The molecule has 8 nitrogen and oxygen atoms in total. The molecule has 0 saturated heterocycles. The summed E-state index contributed by atoms with van der Waals surface area (Å²) in [5, 5.41) is 11.1. The van der Waals surface area contributed by atoms with Crippen LogP contribution in [0.3, 0.4) is 0 Å². The molecule has 1 aromatic rings. The van der Waals surface area contributed by atoms with Crippen LogP contribution >= 0.6 is 0 Å². The highest BCUT2D eigenvalue weighted by Crippen LogP contribution is 2.04. The van der Waals surface area contributed by atoms with Crippen molar-refractivity contribution in [3.8, 4) is 0 Å². The molecule has 0 aliphatic carbocycles. The van der Waals surface area contributed by atoms with Crippen LogP contribution in [0.5, 0.6) is 0 Å². The number of amides is 2. The quantitative estimate of drug-likeness (QED) is 0.622. The van der Waals surface area contributed by atoms with E-state index in [0.29, 0.717) is 5.89 Å². The first-order chi connectivity index (χ1) is 8.40. The van der Waals surface area contributed by atoms with Gasteiger partial charge in [-0.05, 0) is 6.42 Å². The second-order valence-corrected chi connectivity index (χ2v) is 3.61. The fraction of sp³-hybridized carbons (Fsp3) is 0.400. The average molecular weight is 255 g/mol. The molecule has 0 aromatic carbocycles. The van der Waals surface area contributed by atoms with E-state index in [1.165, 1.54) is 6.20 Å². The molecule has 1 aromatic heterocycles. The molecular weight excluding hydrogens is 242 g/mol. The SMILES string of the molecule is Cc1ncc(C(=O)N[C@@H](CCC(N)=O)C(=O)O)o1. The van der Waals surface area contributed by atoms with Gasteiger partial charge >= 0.3 is 5.97 Å². The van der Waals surface area contributed by atoms with Crippen LogP contribution in [0.1, 0.15) is 29.3 Å². The van der Waals surface area contributed by atoms with Gasteiger partial charge in [-0.15, -0.1) is 0 Å². The van der Waals surface area contributed by atoms with E-state index in [9.17, 15) is 14.4 Å². The highest BCUT2D eigenvalue weighted by molar-refractivity contribution is 5.94. The number of aromatic nitrogens is 1. The van der Waals surface area contributed by atoms with Gasteiger partial charge in [-0.1, -0.05) is 0 Å². The van der Waals surface area contributed by atoms with Gasteiger partial charge in [0.25, 0.3) is 5.91 Å². The zero-order valence-corrected chi connectivity index (χ0v) is 9.67. The molecule has 0 fully saturated rings. The van der Waals surface area contributed by atoms with E-state index in [0.717, 1.165) is 0 Å². The van der Waals surface area contributed by atoms with Crippen molar-refractivity contribution in [3.63, 3.8) is 0 Å². The van der Waals surface area contributed by atoms with Crippen molar-refractivity contribution in [2.24, 2.45) is 5.73 Å². The van der Waals surface area contributed by atoms with Crippen molar-refractivity contribution in [1.82, 2.24) is 10.3 Å². The van der Waals surface area contributed by atoms with Crippen LogP contribution in [-0.4, -0.2) is 33.9 Å². The summed E-state index contributed by atoms with van der Waals surface area (Å²) in [4.78, 5) is 36.8. The minimum Gasteiger partial charge on any atom is -0.480 e. The zero-order chi connectivity index (χ0) is 13.7. The van der Waals surface area contributed by atoms with Crippen molar-refractivity contribution in [3.05, 3.63) is 17.8 Å². The number of oxazole rings is 1. The summed E-state index contributed by atoms with van der Waals surface area (Å²) in [5.41, 5.74) is 4.91. The van der Waals surface area contributed by atoms with E-state index < -0.39 is 23.8 Å². The fourth-order valence-electron chi connectivity index (χ4n) is 1.24. The predicted molar refractivity (Wildman–Crippen MR) is 58.6 cm³/mol. The number of nitrogens with one attached hydrogen (secondary N) is 1. The maximum absolute atomic E-state index is 11.6. The van der Waals surface area contributed by atoms with Gasteiger partial charge in [0.05, 0.1) is 6.20 Å². The van der Waals surface area contributed by atoms with Crippen molar-refractivity contribution in [2.45, 2.75) is 25.8 Å². The summed E-state index contributed by atoms with van der Waals surface area (Å²) in [5.74, 6) is -2.37. The first-order valence-electron chi connectivity index (χ1n) is 5.14. The molecule has 0 saturated carbocycles. The molecule has 1 atom stereocenters. The first-order valence-corrected chi connectivity index (χ1v) is 5.14. The summed E-state index contributed by atoms with van der Waals surface area (Å²) in [6.45, 7) is 1.55. The summed E-state index contributed by atoms with van der Waals surface area (Å²) in [6.07, 6.45) is 0.980. The van der Waals surface area contributed by atoms with Crippen LogP contribution in [0.25, 0.3) is 0 Å². The molecule has 0 spiro atoms. The smallest absolute Gasteiger partial charge is 0.326 e. The Kier molecular flexibility index (Phi) is 4.41. The Bertz CT molecular complexity index is 468. The van der Waals surface area contributed by atoms with E-state index in [1.54, 1.807) is 6.92 Å². The molecule has 18 heavy (non-hydrogen) atoms. The number of carbonyl (C=O) groups is 3. The number of nitrogens with two attached hydrogens (primary N) is 1. The van der Waals surface area contributed by atoms with E-state index in [2.05, 4.69) is 10.3 Å². The van der Waals surface area contributed by atoms with Crippen molar-refractivity contribution in [2.75, 3.05) is 0 Å². The van der Waals surface area contributed by atoms with Gasteiger partial charge in [-0.25, -0.2) is 9.78 Å². The molecule has 0 aliphatic rings. The normalized spacial score (nSPS) is 11.8. The molecule has 1 heterocycles. The molecule has 0 aliphatic heterocycles. The van der Waals surface area contributed by atoms with Crippen LogP contribution in [-0.2, 0) is 9.59 Å². The minimum atomic E-state index is -1.25. The molecule has 2 amide bonds. The molecular formula is C10H13N3O5. The monoisotopic (exact) mass is 255 g/mol. The Morgan fingerprint density at radius 1 is 1.56 bits per heavy atom. The first kappa shape index (κ1) is 13.7. The van der Waals surface area contributed by atoms with Crippen molar-refractivity contribution < 1.29 is 23.9 Å². The number of rotatable bonds is 6. The Morgan fingerprint density at radius 2 is 2.22 bits per heavy atom. The molecule has 1 rings (SSSR count). The van der Waals surface area contributed by atoms with Crippen LogP contribution in [0.4, 0.5) is 0 Å². The Balaban J connectivity index is 2.63. The standard InChI is InChI=1S/C10H13N3O5/c1-5-12-4-7(18-5)9(15)13-6(10(16)17)2-3-8(11)14/h4,6H,2-3H2,1H3,(H2,11,14)(H,13,15)(H,16,17)/t6-/m0/s1. The number of carboxylic acids is 1. The van der Waals surface area contributed by atoms with E-state index >= 15 is 0 Å². The second-order valence-electron chi connectivity index (χ2n) is 3.61. The van der Waals surface area contributed by atoms with Crippen molar-refractivity contribution >= 4 is 17.8 Å². The third kappa shape index (κ3) is 3.89. The number of nitrogens with zero attached hydrogens (tertiary/aromatic N) is 1. The highest BCUT2D eigenvalue weighted by Gasteiger charge is 2.22. The van der Waals surface area contributed by atoms with Crippen molar-refractivity contribution in [1.29, 1.82) is 0 Å². The maximum Gasteiger partial charge on any atom is 0.326 e. The number of aliphatic carboxylic acids is 1.